The number of anilines is 1. The quantitative estimate of drug-likeness (QED) is 0.533. The second kappa shape index (κ2) is 8.02. The summed E-state index contributed by atoms with van der Waals surface area (Å²) in [6.07, 6.45) is 0. The van der Waals surface area contributed by atoms with Crippen molar-refractivity contribution < 1.29 is 4.79 Å². The number of benzene rings is 3. The van der Waals surface area contributed by atoms with Crippen molar-refractivity contribution in [2.24, 2.45) is 0 Å². The van der Waals surface area contributed by atoms with Crippen LogP contribution in [0.15, 0.2) is 78.9 Å². The van der Waals surface area contributed by atoms with Crippen molar-refractivity contribution in [3.8, 4) is 11.4 Å². The maximum Gasteiger partial charge on any atom is 0.236 e. The molecule has 0 aliphatic heterocycles. The van der Waals surface area contributed by atoms with E-state index >= 15 is 0 Å². The largest absolute Gasteiger partial charge is 0.325 e. The Kier molecular flexibility index (Phi) is 5.12. The van der Waals surface area contributed by atoms with Gasteiger partial charge in [0.05, 0.1) is 11.6 Å². The Hall–Kier alpha value is -3.51. The third-order valence-corrected chi connectivity index (χ3v) is 4.59. The number of tetrazole rings is 1. The number of hydrogen-bond donors (Lipinski definition) is 2. The summed E-state index contributed by atoms with van der Waals surface area (Å²) in [7, 11) is 0. The van der Waals surface area contributed by atoms with Crippen LogP contribution < -0.4 is 5.32 Å². The topological polar surface area (TPSA) is 83.6 Å². The van der Waals surface area contributed by atoms with Crippen molar-refractivity contribution in [1.82, 2.24) is 20.6 Å². The van der Waals surface area contributed by atoms with Crippen LogP contribution >= 0.6 is 11.6 Å². The number of hydrogen-bond acceptors (Lipinski definition) is 4. The molecule has 4 aromatic rings. The van der Waals surface area contributed by atoms with Crippen LogP contribution in [0.1, 0.15) is 17.0 Å². The maximum atomic E-state index is 13.3. The molecule has 0 aliphatic carbocycles. The van der Waals surface area contributed by atoms with Gasteiger partial charge in [0.2, 0.25) is 11.7 Å². The molecule has 1 heterocycles. The van der Waals surface area contributed by atoms with Crippen LogP contribution in [0.2, 0.25) is 5.02 Å². The lowest BCUT2D eigenvalue weighted by molar-refractivity contribution is -0.116. The SMILES string of the molecule is O=C(Nc1cc(Cl)ccc1-c1nn[nH]n1)C(c1ccccc1)c1ccccc1. The van der Waals surface area contributed by atoms with E-state index in [0.717, 1.165) is 11.1 Å². The molecule has 0 fully saturated rings. The van der Waals surface area contributed by atoms with E-state index in [2.05, 4.69) is 25.9 Å². The standard InChI is InChI=1S/C21H16ClN5O/c22-16-11-12-17(20-24-26-27-25-20)18(13-16)23-21(28)19(14-7-3-1-4-8-14)15-9-5-2-6-10-15/h1-13,19H,(H,23,28)(H,24,25,26,27). The molecule has 1 aromatic heterocycles. The van der Waals surface area contributed by atoms with E-state index < -0.39 is 5.92 Å². The first-order valence-corrected chi connectivity index (χ1v) is 9.04. The molecule has 4 rings (SSSR count). The number of nitrogens with zero attached hydrogens (tertiary/aromatic N) is 3. The Morgan fingerprint density at radius 2 is 1.57 bits per heavy atom. The van der Waals surface area contributed by atoms with E-state index in [4.69, 9.17) is 11.6 Å². The van der Waals surface area contributed by atoms with Crippen LogP contribution in [0.4, 0.5) is 5.69 Å². The van der Waals surface area contributed by atoms with Crippen LogP contribution in [-0.2, 0) is 4.79 Å². The molecule has 2 N–H and O–H groups in total. The Labute approximate surface area is 166 Å². The zero-order valence-electron chi connectivity index (χ0n) is 14.7. The Morgan fingerprint density at radius 3 is 2.14 bits per heavy atom. The van der Waals surface area contributed by atoms with Gasteiger partial charge in [-0.2, -0.15) is 5.21 Å². The fourth-order valence-electron chi connectivity index (χ4n) is 3.08. The summed E-state index contributed by atoms with van der Waals surface area (Å²) in [6, 6.07) is 24.4. The van der Waals surface area contributed by atoms with E-state index in [0.29, 0.717) is 22.1 Å². The fraction of sp³-hybridized carbons (Fsp3) is 0.0476. The van der Waals surface area contributed by atoms with Crippen LogP contribution in [0.3, 0.4) is 0 Å². The van der Waals surface area contributed by atoms with Gasteiger partial charge >= 0.3 is 0 Å². The number of amides is 1. The molecule has 0 spiro atoms. The number of aromatic nitrogens is 4. The van der Waals surface area contributed by atoms with Crippen molar-refractivity contribution in [3.05, 3.63) is 95.0 Å². The minimum absolute atomic E-state index is 0.176. The second-order valence-corrected chi connectivity index (χ2v) is 6.61. The molecule has 6 nitrogen and oxygen atoms in total. The first kappa shape index (κ1) is 17.9. The molecule has 0 aliphatic rings. The molecule has 0 saturated carbocycles. The predicted octanol–water partition coefficient (Wildman–Crippen LogP) is 4.29. The zero-order valence-corrected chi connectivity index (χ0v) is 15.5. The van der Waals surface area contributed by atoms with Crippen LogP contribution in [0, 0.1) is 0 Å². The lowest BCUT2D eigenvalue weighted by Gasteiger charge is -2.19. The summed E-state index contributed by atoms with van der Waals surface area (Å²) in [5, 5.41) is 17.5. The minimum Gasteiger partial charge on any atom is -0.325 e. The summed E-state index contributed by atoms with van der Waals surface area (Å²) in [5.74, 6) is -0.271. The van der Waals surface area contributed by atoms with Crippen LogP contribution in [0.5, 0.6) is 0 Å². The third kappa shape index (κ3) is 3.77. The van der Waals surface area contributed by atoms with E-state index in [1.54, 1.807) is 18.2 Å². The highest BCUT2D eigenvalue weighted by Crippen LogP contribution is 2.31. The minimum atomic E-state index is -0.473. The van der Waals surface area contributed by atoms with Crippen molar-refractivity contribution >= 4 is 23.2 Å². The lowest BCUT2D eigenvalue weighted by Crippen LogP contribution is -2.22. The van der Waals surface area contributed by atoms with E-state index in [-0.39, 0.29) is 5.91 Å². The van der Waals surface area contributed by atoms with Crippen LogP contribution in [-0.4, -0.2) is 26.5 Å². The van der Waals surface area contributed by atoms with Gasteiger partial charge in [-0.15, -0.1) is 10.2 Å². The van der Waals surface area contributed by atoms with Crippen molar-refractivity contribution in [3.63, 3.8) is 0 Å². The number of nitrogens with one attached hydrogen (secondary N) is 2. The molecule has 3 aromatic carbocycles. The average molecular weight is 390 g/mol. The molecule has 138 valence electrons. The van der Waals surface area contributed by atoms with Gasteiger partial charge in [-0.3, -0.25) is 4.79 Å². The number of aromatic amines is 1. The molecule has 0 atom stereocenters. The van der Waals surface area contributed by atoms with Gasteiger partial charge in [-0.1, -0.05) is 72.3 Å². The summed E-state index contributed by atoms with van der Waals surface area (Å²) in [5.41, 5.74) is 2.95. The highest BCUT2D eigenvalue weighted by atomic mass is 35.5. The Balaban J connectivity index is 1.73. The predicted molar refractivity (Wildman–Crippen MR) is 108 cm³/mol. The fourth-order valence-corrected chi connectivity index (χ4v) is 3.25. The van der Waals surface area contributed by atoms with Gasteiger partial charge in [0, 0.05) is 10.6 Å². The zero-order chi connectivity index (χ0) is 19.3. The number of carbonyl (C=O) groups is 1. The van der Waals surface area contributed by atoms with Gasteiger partial charge in [0.1, 0.15) is 0 Å². The van der Waals surface area contributed by atoms with Gasteiger partial charge < -0.3 is 5.32 Å². The van der Waals surface area contributed by atoms with Crippen molar-refractivity contribution in [2.75, 3.05) is 5.32 Å². The Bertz CT molecular complexity index is 1030. The molecule has 0 radical (unpaired) electrons. The maximum absolute atomic E-state index is 13.3. The van der Waals surface area contributed by atoms with E-state index in [9.17, 15) is 4.79 Å². The number of H-pyrrole nitrogens is 1. The molecule has 1 amide bonds. The van der Waals surface area contributed by atoms with Crippen LogP contribution in [0.25, 0.3) is 11.4 Å². The second-order valence-electron chi connectivity index (χ2n) is 6.17. The monoisotopic (exact) mass is 389 g/mol. The van der Waals surface area contributed by atoms with Crippen molar-refractivity contribution in [1.29, 1.82) is 0 Å². The highest BCUT2D eigenvalue weighted by Gasteiger charge is 2.24. The molecule has 7 heteroatoms. The van der Waals surface area contributed by atoms with Crippen molar-refractivity contribution in [2.45, 2.75) is 5.92 Å². The van der Waals surface area contributed by atoms with Gasteiger partial charge in [0.15, 0.2) is 0 Å². The molecule has 28 heavy (non-hydrogen) atoms. The highest BCUT2D eigenvalue weighted by molar-refractivity contribution is 6.31. The Morgan fingerprint density at radius 1 is 0.929 bits per heavy atom. The number of carbonyl (C=O) groups excluding carboxylic acids is 1. The molecule has 0 saturated heterocycles. The summed E-state index contributed by atoms with van der Waals surface area (Å²) in [4.78, 5) is 13.3. The summed E-state index contributed by atoms with van der Waals surface area (Å²) >= 11 is 6.16. The smallest absolute Gasteiger partial charge is 0.236 e. The molecule has 0 bridgehead atoms. The number of halogens is 1. The molecular formula is C21H16ClN5O. The lowest BCUT2D eigenvalue weighted by atomic mass is 9.90. The van der Waals surface area contributed by atoms with Gasteiger partial charge in [0.25, 0.3) is 0 Å². The summed E-state index contributed by atoms with van der Waals surface area (Å²) in [6.45, 7) is 0. The third-order valence-electron chi connectivity index (χ3n) is 4.35. The number of rotatable bonds is 5. The average Bonchev–Trinajstić information content (AvgIpc) is 3.24. The van der Waals surface area contributed by atoms with Gasteiger partial charge in [-0.05, 0) is 34.5 Å². The summed E-state index contributed by atoms with van der Waals surface area (Å²) < 4.78 is 0. The first-order valence-electron chi connectivity index (χ1n) is 8.66. The van der Waals surface area contributed by atoms with E-state index in [1.807, 2.05) is 60.7 Å². The molecular weight excluding hydrogens is 374 g/mol. The molecule has 0 unspecified atom stereocenters. The van der Waals surface area contributed by atoms with E-state index in [1.165, 1.54) is 0 Å². The first-order chi connectivity index (χ1) is 13.7. The normalized spacial score (nSPS) is 10.8. The van der Waals surface area contributed by atoms with Gasteiger partial charge in [-0.25, -0.2) is 0 Å².